The molecule has 1 N–H and O–H groups in total. The van der Waals surface area contributed by atoms with Crippen molar-refractivity contribution in [2.75, 3.05) is 13.7 Å². The molecule has 4 heteroatoms. The van der Waals surface area contributed by atoms with Crippen LogP contribution in [0.1, 0.15) is 6.92 Å². The molecule has 0 saturated carbocycles. The summed E-state index contributed by atoms with van der Waals surface area (Å²) >= 11 is 0. The van der Waals surface area contributed by atoms with Crippen molar-refractivity contribution in [1.82, 2.24) is 5.09 Å². The van der Waals surface area contributed by atoms with Crippen molar-refractivity contribution in [2.45, 2.75) is 6.92 Å². The molecule has 9 heavy (non-hydrogen) atoms. The Morgan fingerprint density at radius 2 is 2.44 bits per heavy atom. The summed E-state index contributed by atoms with van der Waals surface area (Å²) < 4.78 is 15.7. The molecule has 0 rings (SSSR count). The molecule has 0 radical (unpaired) electrons. The number of terminal acetylenes is 1. The Balaban J connectivity index is 3.99. The summed E-state index contributed by atoms with van der Waals surface area (Å²) in [5.41, 5.74) is 2.05. The van der Waals surface area contributed by atoms with Crippen molar-refractivity contribution < 1.29 is 9.09 Å². The Hall–Kier alpha value is -0.290. The molecule has 0 aliphatic heterocycles. The standard InChI is InChI=1S/C5H10NO2P/c1-4-8-9(7,5-2)6-3/h2H,4H2,1,3H3,(H,6,7). The summed E-state index contributed by atoms with van der Waals surface area (Å²) in [6.45, 7) is 2.10. The average molecular weight is 147 g/mol. The van der Waals surface area contributed by atoms with Crippen LogP contribution in [0.3, 0.4) is 0 Å². The summed E-state index contributed by atoms with van der Waals surface area (Å²) in [4.78, 5) is 0. The zero-order valence-electron chi connectivity index (χ0n) is 5.55. The van der Waals surface area contributed by atoms with E-state index in [1.54, 1.807) is 6.92 Å². The molecule has 0 spiro atoms. The van der Waals surface area contributed by atoms with Crippen LogP contribution in [0.5, 0.6) is 0 Å². The van der Waals surface area contributed by atoms with Gasteiger partial charge in [0.2, 0.25) is 0 Å². The highest BCUT2D eigenvalue weighted by molar-refractivity contribution is 7.62. The summed E-state index contributed by atoms with van der Waals surface area (Å²) in [5, 5.41) is 2.43. The summed E-state index contributed by atoms with van der Waals surface area (Å²) in [7, 11) is -1.39. The fourth-order valence-electron chi connectivity index (χ4n) is 0.348. The summed E-state index contributed by atoms with van der Waals surface area (Å²) in [6.07, 6.45) is 4.90. The highest BCUT2D eigenvalue weighted by atomic mass is 31.2. The lowest BCUT2D eigenvalue weighted by atomic mass is 10.9. The van der Waals surface area contributed by atoms with Gasteiger partial charge >= 0.3 is 7.52 Å². The van der Waals surface area contributed by atoms with Crippen molar-refractivity contribution in [3.05, 3.63) is 0 Å². The second kappa shape index (κ2) is 3.68. The number of hydrogen-bond donors (Lipinski definition) is 1. The zero-order chi connectivity index (χ0) is 7.33. The molecule has 1 unspecified atom stereocenters. The van der Waals surface area contributed by atoms with Crippen LogP contribution in [0.15, 0.2) is 0 Å². The van der Waals surface area contributed by atoms with Gasteiger partial charge < -0.3 is 4.52 Å². The highest BCUT2D eigenvalue weighted by Gasteiger charge is 2.13. The van der Waals surface area contributed by atoms with E-state index in [0.717, 1.165) is 0 Å². The van der Waals surface area contributed by atoms with Crippen molar-refractivity contribution in [3.63, 3.8) is 0 Å². The van der Waals surface area contributed by atoms with E-state index in [9.17, 15) is 4.57 Å². The van der Waals surface area contributed by atoms with Crippen LogP contribution in [-0.2, 0) is 9.09 Å². The first-order valence-corrected chi connectivity index (χ1v) is 4.22. The Morgan fingerprint density at radius 3 is 2.56 bits per heavy atom. The van der Waals surface area contributed by atoms with E-state index >= 15 is 0 Å². The van der Waals surface area contributed by atoms with Crippen LogP contribution in [0.25, 0.3) is 0 Å². The van der Waals surface area contributed by atoms with Crippen molar-refractivity contribution in [2.24, 2.45) is 0 Å². The fraction of sp³-hybridized carbons (Fsp3) is 0.600. The molecule has 0 aromatic heterocycles. The van der Waals surface area contributed by atoms with E-state index in [2.05, 4.69) is 10.7 Å². The van der Waals surface area contributed by atoms with Gasteiger partial charge in [-0.3, -0.25) is 4.57 Å². The van der Waals surface area contributed by atoms with Crippen LogP contribution in [0, 0.1) is 12.1 Å². The van der Waals surface area contributed by atoms with E-state index in [1.807, 2.05) is 0 Å². The molecule has 0 aromatic carbocycles. The Bertz CT molecular complexity index is 161. The molecule has 0 aromatic rings. The van der Waals surface area contributed by atoms with E-state index < -0.39 is 7.52 Å². The Labute approximate surface area is 55.3 Å². The molecule has 0 heterocycles. The lowest BCUT2D eigenvalue weighted by Gasteiger charge is -2.07. The van der Waals surface area contributed by atoms with Crippen LogP contribution in [-0.4, -0.2) is 13.7 Å². The Kier molecular flexibility index (Phi) is 3.56. The normalized spacial score (nSPS) is 16.1. The minimum atomic E-state index is -2.90. The summed E-state index contributed by atoms with van der Waals surface area (Å²) in [6, 6.07) is 0. The van der Waals surface area contributed by atoms with Gasteiger partial charge in [0.15, 0.2) is 0 Å². The third kappa shape index (κ3) is 2.67. The molecule has 52 valence electrons. The maximum absolute atomic E-state index is 11.0. The lowest BCUT2D eigenvalue weighted by Crippen LogP contribution is -2.03. The first-order valence-electron chi connectivity index (χ1n) is 2.60. The van der Waals surface area contributed by atoms with Crippen LogP contribution in [0.4, 0.5) is 0 Å². The Morgan fingerprint density at radius 1 is 1.89 bits per heavy atom. The number of hydrogen-bond acceptors (Lipinski definition) is 2. The molecule has 1 atom stereocenters. The van der Waals surface area contributed by atoms with Crippen LogP contribution in [0.2, 0.25) is 0 Å². The van der Waals surface area contributed by atoms with Gasteiger partial charge in [-0.15, -0.1) is 6.42 Å². The smallest absolute Gasteiger partial charge is 0.309 e. The number of nitrogens with one attached hydrogen (secondary N) is 1. The molecule has 0 amide bonds. The van der Waals surface area contributed by atoms with Crippen LogP contribution < -0.4 is 5.09 Å². The van der Waals surface area contributed by atoms with Gasteiger partial charge in [-0.1, -0.05) is 0 Å². The third-order valence-electron chi connectivity index (χ3n) is 0.775. The van der Waals surface area contributed by atoms with Crippen molar-refractivity contribution in [3.8, 4) is 12.1 Å². The topological polar surface area (TPSA) is 38.3 Å². The average Bonchev–Trinajstić information content (AvgIpc) is 1.89. The minimum Gasteiger partial charge on any atom is -0.309 e. The van der Waals surface area contributed by atoms with Crippen LogP contribution >= 0.6 is 7.52 Å². The largest absolute Gasteiger partial charge is 0.342 e. The summed E-state index contributed by atoms with van der Waals surface area (Å²) in [5.74, 6) is 0. The quantitative estimate of drug-likeness (QED) is 0.478. The maximum atomic E-state index is 11.0. The van der Waals surface area contributed by atoms with Gasteiger partial charge in [0.25, 0.3) is 0 Å². The van der Waals surface area contributed by atoms with Crippen molar-refractivity contribution >= 4 is 7.52 Å². The van der Waals surface area contributed by atoms with E-state index in [-0.39, 0.29) is 0 Å². The SMILES string of the molecule is C#CP(=O)(NC)OCC. The van der Waals surface area contributed by atoms with E-state index in [0.29, 0.717) is 6.61 Å². The van der Waals surface area contributed by atoms with Gasteiger partial charge in [0.05, 0.1) is 6.61 Å². The van der Waals surface area contributed by atoms with Gasteiger partial charge in [-0.05, 0) is 14.0 Å². The third-order valence-corrected chi connectivity index (χ3v) is 2.33. The molecular weight excluding hydrogens is 137 g/mol. The molecule has 0 fully saturated rings. The highest BCUT2D eigenvalue weighted by Crippen LogP contribution is 2.38. The van der Waals surface area contributed by atoms with Gasteiger partial charge in [-0.2, -0.15) is 0 Å². The van der Waals surface area contributed by atoms with Gasteiger partial charge in [-0.25, -0.2) is 5.09 Å². The van der Waals surface area contributed by atoms with E-state index in [4.69, 9.17) is 10.9 Å². The van der Waals surface area contributed by atoms with Crippen molar-refractivity contribution in [1.29, 1.82) is 0 Å². The second-order valence-electron chi connectivity index (χ2n) is 1.32. The fourth-order valence-corrected chi connectivity index (χ4v) is 1.04. The predicted octanol–water partition coefficient (Wildman–Crippen LogP) is 1.03. The monoisotopic (exact) mass is 147 g/mol. The molecule has 0 aliphatic carbocycles. The van der Waals surface area contributed by atoms with Gasteiger partial charge in [0.1, 0.15) is 0 Å². The van der Waals surface area contributed by atoms with E-state index in [1.165, 1.54) is 7.05 Å². The maximum Gasteiger partial charge on any atom is 0.342 e. The molecular formula is C5H10NO2P. The first kappa shape index (κ1) is 8.71. The lowest BCUT2D eigenvalue weighted by molar-refractivity contribution is 0.336. The van der Waals surface area contributed by atoms with Gasteiger partial charge in [0, 0.05) is 5.66 Å². The minimum absolute atomic E-state index is 0.363. The number of rotatable bonds is 3. The zero-order valence-corrected chi connectivity index (χ0v) is 6.44. The first-order chi connectivity index (χ1) is 4.18. The molecule has 3 nitrogen and oxygen atoms in total. The second-order valence-corrected chi connectivity index (χ2v) is 3.39. The molecule has 0 saturated heterocycles. The molecule has 0 bridgehead atoms. The predicted molar refractivity (Wildman–Crippen MR) is 37.1 cm³/mol. The molecule has 0 aliphatic rings.